The zero-order valence-corrected chi connectivity index (χ0v) is 19.1. The summed E-state index contributed by atoms with van der Waals surface area (Å²) in [4.78, 5) is 23.8. The second-order valence-electron chi connectivity index (χ2n) is 7.65. The zero-order chi connectivity index (χ0) is 24.7. The van der Waals surface area contributed by atoms with Gasteiger partial charge in [0.2, 0.25) is 0 Å². The third-order valence-corrected chi connectivity index (χ3v) is 5.36. The fourth-order valence-electron chi connectivity index (χ4n) is 3.49. The van der Waals surface area contributed by atoms with E-state index in [1.165, 1.54) is 32.4 Å². The number of nitro groups is 1. The van der Waals surface area contributed by atoms with Crippen LogP contribution in [0, 0.1) is 10.1 Å². The van der Waals surface area contributed by atoms with E-state index >= 15 is 0 Å². The summed E-state index contributed by atoms with van der Waals surface area (Å²) in [5, 5.41) is 27.9. The highest BCUT2D eigenvalue weighted by atomic mass is 16.6. The predicted octanol–water partition coefficient (Wildman–Crippen LogP) is 4.08. The quantitative estimate of drug-likeness (QED) is 0.305. The second kappa shape index (κ2) is 11.2. The lowest BCUT2D eigenvalue weighted by Crippen LogP contribution is -2.28. The Morgan fingerprint density at radius 1 is 1.03 bits per heavy atom. The van der Waals surface area contributed by atoms with Gasteiger partial charge in [-0.3, -0.25) is 14.9 Å². The lowest BCUT2D eigenvalue weighted by Gasteiger charge is -2.23. The molecule has 9 heteroatoms. The van der Waals surface area contributed by atoms with Crippen molar-refractivity contribution < 1.29 is 24.3 Å². The number of non-ortho nitro benzene ring substituents is 1. The van der Waals surface area contributed by atoms with Gasteiger partial charge in [0.15, 0.2) is 11.5 Å². The SMILES string of the molecule is COc1ccc(CNC(=O)c2cc([N+](=O)[O-])ccc2N[C@H](C)[C@@H](O)c2ccccc2)cc1OC. The van der Waals surface area contributed by atoms with Crippen molar-refractivity contribution in [3.05, 3.63) is 93.5 Å². The Hall–Kier alpha value is -4.11. The van der Waals surface area contributed by atoms with Crippen molar-refractivity contribution >= 4 is 17.3 Å². The molecule has 3 aromatic carbocycles. The van der Waals surface area contributed by atoms with E-state index in [4.69, 9.17) is 9.47 Å². The number of amides is 1. The van der Waals surface area contributed by atoms with Gasteiger partial charge in [-0.1, -0.05) is 36.4 Å². The van der Waals surface area contributed by atoms with E-state index in [1.807, 2.05) is 18.2 Å². The fraction of sp³-hybridized carbons (Fsp3) is 0.240. The van der Waals surface area contributed by atoms with Crippen LogP contribution in [0.25, 0.3) is 0 Å². The number of benzene rings is 3. The highest BCUT2D eigenvalue weighted by Gasteiger charge is 2.21. The minimum Gasteiger partial charge on any atom is -0.493 e. The Morgan fingerprint density at radius 2 is 1.74 bits per heavy atom. The highest BCUT2D eigenvalue weighted by molar-refractivity contribution is 6.00. The molecule has 0 radical (unpaired) electrons. The number of nitrogens with one attached hydrogen (secondary N) is 2. The first-order valence-electron chi connectivity index (χ1n) is 10.6. The third-order valence-electron chi connectivity index (χ3n) is 5.36. The molecule has 0 aliphatic heterocycles. The molecule has 0 spiro atoms. The maximum absolute atomic E-state index is 13.0. The summed E-state index contributed by atoms with van der Waals surface area (Å²) in [5.41, 5.74) is 1.74. The van der Waals surface area contributed by atoms with Crippen molar-refractivity contribution in [3.8, 4) is 11.5 Å². The number of carbonyl (C=O) groups is 1. The van der Waals surface area contributed by atoms with Crippen molar-refractivity contribution in [1.82, 2.24) is 5.32 Å². The van der Waals surface area contributed by atoms with Crippen LogP contribution in [0.2, 0.25) is 0 Å². The van der Waals surface area contributed by atoms with E-state index in [1.54, 1.807) is 37.3 Å². The number of aliphatic hydroxyl groups excluding tert-OH is 1. The van der Waals surface area contributed by atoms with E-state index in [0.717, 1.165) is 5.56 Å². The first-order chi connectivity index (χ1) is 16.3. The molecule has 34 heavy (non-hydrogen) atoms. The number of methoxy groups -OCH3 is 2. The molecule has 3 N–H and O–H groups in total. The van der Waals surface area contributed by atoms with Gasteiger partial charge in [-0.25, -0.2) is 0 Å². The third kappa shape index (κ3) is 5.81. The summed E-state index contributed by atoms with van der Waals surface area (Å²) in [6, 6.07) is 17.9. The Balaban J connectivity index is 1.80. The molecule has 0 unspecified atom stereocenters. The first-order valence-corrected chi connectivity index (χ1v) is 10.6. The van der Waals surface area contributed by atoms with Crippen molar-refractivity contribution in [2.24, 2.45) is 0 Å². The van der Waals surface area contributed by atoms with Gasteiger partial charge in [0.05, 0.1) is 36.9 Å². The topological polar surface area (TPSA) is 123 Å². The van der Waals surface area contributed by atoms with Crippen molar-refractivity contribution in [2.75, 3.05) is 19.5 Å². The summed E-state index contributed by atoms with van der Waals surface area (Å²) >= 11 is 0. The number of aliphatic hydroxyl groups is 1. The number of nitrogens with zero attached hydrogens (tertiary/aromatic N) is 1. The van der Waals surface area contributed by atoms with Crippen LogP contribution in [0.5, 0.6) is 11.5 Å². The molecule has 0 saturated heterocycles. The normalized spacial score (nSPS) is 12.4. The molecule has 0 aliphatic carbocycles. The fourth-order valence-corrected chi connectivity index (χ4v) is 3.49. The molecule has 0 aromatic heterocycles. The van der Waals surface area contributed by atoms with E-state index < -0.39 is 23.0 Å². The molecule has 0 aliphatic rings. The van der Waals surface area contributed by atoms with Crippen LogP contribution in [0.15, 0.2) is 66.7 Å². The van der Waals surface area contributed by atoms with Crippen molar-refractivity contribution in [3.63, 3.8) is 0 Å². The van der Waals surface area contributed by atoms with E-state index in [-0.39, 0.29) is 17.8 Å². The van der Waals surface area contributed by atoms with Crippen LogP contribution in [-0.2, 0) is 6.54 Å². The molecular weight excluding hydrogens is 438 g/mol. The Labute approximate surface area is 197 Å². The van der Waals surface area contributed by atoms with Gasteiger partial charge in [-0.05, 0) is 36.2 Å². The molecule has 178 valence electrons. The van der Waals surface area contributed by atoms with Crippen LogP contribution < -0.4 is 20.1 Å². The van der Waals surface area contributed by atoms with Gasteiger partial charge in [0, 0.05) is 24.4 Å². The second-order valence-corrected chi connectivity index (χ2v) is 7.65. The number of carbonyl (C=O) groups excluding carboxylic acids is 1. The summed E-state index contributed by atoms with van der Waals surface area (Å²) in [7, 11) is 3.05. The smallest absolute Gasteiger partial charge is 0.270 e. The number of hydrogen-bond donors (Lipinski definition) is 3. The summed E-state index contributed by atoms with van der Waals surface area (Å²) in [6.07, 6.45) is -0.848. The molecular formula is C25H27N3O6. The first kappa shape index (κ1) is 24.5. The van der Waals surface area contributed by atoms with E-state index in [9.17, 15) is 20.0 Å². The number of hydrogen-bond acceptors (Lipinski definition) is 7. The van der Waals surface area contributed by atoms with Crippen molar-refractivity contribution in [1.29, 1.82) is 0 Å². The molecule has 2 atom stereocenters. The number of ether oxygens (including phenoxy) is 2. The highest BCUT2D eigenvalue weighted by Crippen LogP contribution is 2.28. The lowest BCUT2D eigenvalue weighted by atomic mass is 10.0. The zero-order valence-electron chi connectivity index (χ0n) is 19.1. The predicted molar refractivity (Wildman–Crippen MR) is 128 cm³/mol. The summed E-state index contributed by atoms with van der Waals surface area (Å²) < 4.78 is 10.5. The Kier molecular flexibility index (Phi) is 8.05. The summed E-state index contributed by atoms with van der Waals surface area (Å²) in [5.74, 6) is 0.590. The van der Waals surface area contributed by atoms with Gasteiger partial charge in [-0.15, -0.1) is 0 Å². The number of nitro benzene ring substituents is 1. The van der Waals surface area contributed by atoms with Gasteiger partial charge < -0.3 is 25.2 Å². The van der Waals surface area contributed by atoms with Crippen LogP contribution >= 0.6 is 0 Å². The van der Waals surface area contributed by atoms with Crippen LogP contribution in [-0.4, -0.2) is 36.2 Å². The minimum atomic E-state index is -0.848. The van der Waals surface area contributed by atoms with Crippen LogP contribution in [0.3, 0.4) is 0 Å². The van der Waals surface area contributed by atoms with Crippen LogP contribution in [0.4, 0.5) is 11.4 Å². The molecule has 3 rings (SSSR count). The molecule has 0 saturated carbocycles. The average molecular weight is 466 g/mol. The standard InChI is InChI=1S/C25H27N3O6/c1-16(24(29)18-7-5-4-6-8-18)27-21-11-10-19(28(31)32)14-20(21)25(30)26-15-17-9-12-22(33-2)23(13-17)34-3/h4-14,16,24,27,29H,15H2,1-3H3,(H,26,30)/t16-,24-/m1/s1. The molecule has 0 heterocycles. The monoisotopic (exact) mass is 465 g/mol. The van der Waals surface area contributed by atoms with Gasteiger partial charge in [0.1, 0.15) is 0 Å². The molecule has 0 fully saturated rings. The number of rotatable bonds is 10. The summed E-state index contributed by atoms with van der Waals surface area (Å²) in [6.45, 7) is 1.94. The van der Waals surface area contributed by atoms with Crippen LogP contribution in [0.1, 0.15) is 34.5 Å². The van der Waals surface area contributed by atoms with Gasteiger partial charge in [-0.2, -0.15) is 0 Å². The molecule has 1 amide bonds. The van der Waals surface area contributed by atoms with Crippen molar-refractivity contribution in [2.45, 2.75) is 25.6 Å². The number of anilines is 1. The van der Waals surface area contributed by atoms with Gasteiger partial charge in [0.25, 0.3) is 11.6 Å². The Bertz CT molecular complexity index is 1150. The van der Waals surface area contributed by atoms with E-state index in [0.29, 0.717) is 22.7 Å². The lowest BCUT2D eigenvalue weighted by molar-refractivity contribution is -0.384. The molecule has 0 bridgehead atoms. The maximum atomic E-state index is 13.0. The largest absolute Gasteiger partial charge is 0.493 e. The Morgan fingerprint density at radius 3 is 2.38 bits per heavy atom. The minimum absolute atomic E-state index is 0.0989. The average Bonchev–Trinajstić information content (AvgIpc) is 2.87. The molecule has 9 nitrogen and oxygen atoms in total. The van der Waals surface area contributed by atoms with E-state index in [2.05, 4.69) is 10.6 Å². The maximum Gasteiger partial charge on any atom is 0.270 e. The molecule has 3 aromatic rings. The van der Waals surface area contributed by atoms with Gasteiger partial charge >= 0.3 is 0 Å².